The number of ketones is 1. The lowest BCUT2D eigenvalue weighted by atomic mass is 10.2. The van der Waals surface area contributed by atoms with E-state index >= 15 is 0 Å². The van der Waals surface area contributed by atoms with E-state index in [-0.39, 0.29) is 24.6 Å². The van der Waals surface area contributed by atoms with Crippen LogP contribution in [0.15, 0.2) is 0 Å². The maximum atomic E-state index is 11.5. The fraction of sp³-hybridized carbons (Fsp3) is 0.667. The number of nitrogens with zero attached hydrogens (tertiary/aromatic N) is 3. The van der Waals surface area contributed by atoms with Gasteiger partial charge in [0.25, 0.3) is 0 Å². The van der Waals surface area contributed by atoms with Gasteiger partial charge in [0, 0.05) is 13.5 Å². The zero-order valence-electron chi connectivity index (χ0n) is 11.5. The smallest absolute Gasteiger partial charge is 0.327 e. The Kier molecular flexibility index (Phi) is 6.14. The Morgan fingerprint density at radius 1 is 1.26 bits per heavy atom. The summed E-state index contributed by atoms with van der Waals surface area (Å²) in [6.45, 7) is 6.30. The summed E-state index contributed by atoms with van der Waals surface area (Å²) >= 11 is 0. The van der Waals surface area contributed by atoms with Gasteiger partial charge in [-0.25, -0.2) is 4.68 Å². The molecule has 1 rings (SSSR count). The van der Waals surface area contributed by atoms with Crippen LogP contribution in [0.1, 0.15) is 36.5 Å². The number of Topliss-reactive ketones (excluding diaryl/α,β-unsaturated/α-hetero) is 1. The van der Waals surface area contributed by atoms with Crippen LogP contribution in [0.3, 0.4) is 0 Å². The second-order valence-electron chi connectivity index (χ2n) is 4.07. The second kappa shape index (κ2) is 7.63. The van der Waals surface area contributed by atoms with E-state index in [1.54, 1.807) is 6.92 Å². The van der Waals surface area contributed by atoms with Crippen LogP contribution < -0.4 is 0 Å². The first-order chi connectivity index (χ1) is 9.06. The minimum Gasteiger partial charge on any atom is -0.462 e. The van der Waals surface area contributed by atoms with Crippen LogP contribution >= 0.6 is 0 Å². The molecule has 1 heterocycles. The summed E-state index contributed by atoms with van der Waals surface area (Å²) in [7, 11) is 0. The van der Waals surface area contributed by atoms with Gasteiger partial charge in [-0.05, 0) is 13.3 Å². The zero-order chi connectivity index (χ0) is 14.3. The average molecular weight is 269 g/mol. The molecule has 0 spiro atoms. The van der Waals surface area contributed by atoms with Crippen molar-refractivity contribution < 1.29 is 19.1 Å². The summed E-state index contributed by atoms with van der Waals surface area (Å²) in [6, 6.07) is 0. The van der Waals surface area contributed by atoms with Crippen molar-refractivity contribution in [2.24, 2.45) is 0 Å². The van der Waals surface area contributed by atoms with Crippen molar-refractivity contribution in [1.82, 2.24) is 15.0 Å². The van der Waals surface area contributed by atoms with Gasteiger partial charge in [0.05, 0.1) is 12.3 Å². The van der Waals surface area contributed by atoms with E-state index in [9.17, 15) is 9.59 Å². The van der Waals surface area contributed by atoms with Gasteiger partial charge in [-0.1, -0.05) is 12.1 Å². The molecular weight excluding hydrogens is 250 g/mol. The molecule has 0 fully saturated rings. The molecule has 0 aliphatic heterocycles. The standard InChI is InChI=1S/C12H19N3O4/c1-4-5-18-6-7-19-11(17)8-15-9(2)12(10(3)16)13-14-15/h4-8H2,1-3H3. The number of hydrogen-bond donors (Lipinski definition) is 0. The molecule has 106 valence electrons. The predicted molar refractivity (Wildman–Crippen MR) is 66.8 cm³/mol. The van der Waals surface area contributed by atoms with E-state index in [1.165, 1.54) is 11.6 Å². The van der Waals surface area contributed by atoms with Crippen molar-refractivity contribution in [3.8, 4) is 0 Å². The summed E-state index contributed by atoms with van der Waals surface area (Å²) in [5, 5.41) is 7.47. The molecule has 19 heavy (non-hydrogen) atoms. The van der Waals surface area contributed by atoms with Crippen molar-refractivity contribution in [3.63, 3.8) is 0 Å². The van der Waals surface area contributed by atoms with Crippen LogP contribution in [0.4, 0.5) is 0 Å². The summed E-state index contributed by atoms with van der Waals surface area (Å²) in [5.74, 6) is -0.603. The number of carbonyl (C=O) groups excluding carboxylic acids is 2. The van der Waals surface area contributed by atoms with Crippen molar-refractivity contribution >= 4 is 11.8 Å². The van der Waals surface area contributed by atoms with E-state index in [1.807, 2.05) is 6.92 Å². The van der Waals surface area contributed by atoms with E-state index in [2.05, 4.69) is 10.3 Å². The first-order valence-corrected chi connectivity index (χ1v) is 6.20. The first-order valence-electron chi connectivity index (χ1n) is 6.20. The number of hydrogen-bond acceptors (Lipinski definition) is 6. The third kappa shape index (κ3) is 4.78. The summed E-state index contributed by atoms with van der Waals surface area (Å²) in [4.78, 5) is 22.7. The zero-order valence-corrected chi connectivity index (χ0v) is 11.5. The molecule has 0 bridgehead atoms. The van der Waals surface area contributed by atoms with Gasteiger partial charge >= 0.3 is 5.97 Å². The maximum Gasteiger partial charge on any atom is 0.327 e. The molecule has 0 aromatic carbocycles. The van der Waals surface area contributed by atoms with Crippen LogP contribution in [-0.2, 0) is 20.8 Å². The Morgan fingerprint density at radius 2 is 2.00 bits per heavy atom. The number of ether oxygens (including phenoxy) is 2. The van der Waals surface area contributed by atoms with Crippen LogP contribution in [0.2, 0.25) is 0 Å². The average Bonchev–Trinajstić information content (AvgIpc) is 2.71. The Balaban J connectivity index is 2.38. The largest absolute Gasteiger partial charge is 0.462 e. The SMILES string of the molecule is CCCOCCOC(=O)Cn1nnc(C(C)=O)c1C. The summed E-state index contributed by atoms with van der Waals surface area (Å²) in [6.07, 6.45) is 0.930. The molecule has 0 unspecified atom stereocenters. The summed E-state index contributed by atoms with van der Waals surface area (Å²) in [5.41, 5.74) is 0.839. The van der Waals surface area contributed by atoms with Gasteiger partial charge in [0.1, 0.15) is 13.2 Å². The van der Waals surface area contributed by atoms with Crippen LogP contribution in [0, 0.1) is 6.92 Å². The second-order valence-corrected chi connectivity index (χ2v) is 4.07. The van der Waals surface area contributed by atoms with Gasteiger partial charge in [-0.2, -0.15) is 0 Å². The van der Waals surface area contributed by atoms with E-state index in [0.29, 0.717) is 18.9 Å². The Morgan fingerprint density at radius 3 is 2.58 bits per heavy atom. The molecule has 0 amide bonds. The third-order valence-corrected chi connectivity index (χ3v) is 2.43. The molecule has 0 aliphatic carbocycles. The van der Waals surface area contributed by atoms with Crippen molar-refractivity contribution in [1.29, 1.82) is 0 Å². The molecule has 0 aliphatic rings. The molecule has 0 saturated carbocycles. The molecule has 0 N–H and O–H groups in total. The molecule has 7 heteroatoms. The van der Waals surface area contributed by atoms with Crippen molar-refractivity contribution in [2.75, 3.05) is 19.8 Å². The van der Waals surface area contributed by atoms with E-state index in [4.69, 9.17) is 9.47 Å². The van der Waals surface area contributed by atoms with Gasteiger partial charge < -0.3 is 9.47 Å². The lowest BCUT2D eigenvalue weighted by Crippen LogP contribution is -2.18. The third-order valence-electron chi connectivity index (χ3n) is 2.43. The lowest BCUT2D eigenvalue weighted by Gasteiger charge is -2.06. The quantitative estimate of drug-likeness (QED) is 0.393. The maximum absolute atomic E-state index is 11.5. The Bertz CT molecular complexity index is 442. The van der Waals surface area contributed by atoms with Crippen LogP contribution in [-0.4, -0.2) is 46.6 Å². The van der Waals surface area contributed by atoms with Crippen molar-refractivity contribution in [3.05, 3.63) is 11.4 Å². The number of esters is 1. The molecular formula is C12H19N3O4. The summed E-state index contributed by atoms with van der Waals surface area (Å²) < 4.78 is 11.5. The lowest BCUT2D eigenvalue weighted by molar-refractivity contribution is -0.146. The minimum absolute atomic E-state index is 0.0557. The van der Waals surface area contributed by atoms with Gasteiger partial charge in [0.2, 0.25) is 0 Å². The molecule has 0 radical (unpaired) electrons. The Labute approximate surface area is 111 Å². The van der Waals surface area contributed by atoms with Crippen LogP contribution in [0.25, 0.3) is 0 Å². The predicted octanol–water partition coefficient (Wildman–Crippen LogP) is 0.759. The molecule has 7 nitrogen and oxygen atoms in total. The van der Waals surface area contributed by atoms with E-state index in [0.717, 1.165) is 6.42 Å². The fourth-order valence-corrected chi connectivity index (χ4v) is 1.46. The monoisotopic (exact) mass is 269 g/mol. The fourth-order valence-electron chi connectivity index (χ4n) is 1.46. The first kappa shape index (κ1) is 15.3. The number of aromatic nitrogens is 3. The minimum atomic E-state index is -0.428. The van der Waals surface area contributed by atoms with Gasteiger partial charge in [-0.15, -0.1) is 5.10 Å². The normalized spacial score (nSPS) is 10.5. The number of carbonyl (C=O) groups is 2. The van der Waals surface area contributed by atoms with Crippen LogP contribution in [0.5, 0.6) is 0 Å². The molecule has 0 saturated heterocycles. The molecule has 1 aromatic rings. The van der Waals surface area contributed by atoms with Gasteiger partial charge in [-0.3, -0.25) is 9.59 Å². The highest BCUT2D eigenvalue weighted by Gasteiger charge is 2.14. The highest BCUT2D eigenvalue weighted by molar-refractivity contribution is 5.93. The molecule has 0 atom stereocenters. The highest BCUT2D eigenvalue weighted by atomic mass is 16.6. The highest BCUT2D eigenvalue weighted by Crippen LogP contribution is 2.04. The van der Waals surface area contributed by atoms with E-state index < -0.39 is 5.97 Å². The Hall–Kier alpha value is -1.76. The van der Waals surface area contributed by atoms with Gasteiger partial charge in [0.15, 0.2) is 11.5 Å². The van der Waals surface area contributed by atoms with Crippen molar-refractivity contribution in [2.45, 2.75) is 33.7 Å². The topological polar surface area (TPSA) is 83.3 Å². The number of rotatable bonds is 8. The molecule has 1 aromatic heterocycles.